The van der Waals surface area contributed by atoms with Crippen molar-refractivity contribution in [3.63, 3.8) is 0 Å². The van der Waals surface area contributed by atoms with Gasteiger partial charge in [0.05, 0.1) is 27.8 Å². The molecule has 0 bridgehead atoms. The van der Waals surface area contributed by atoms with E-state index in [4.69, 9.17) is 23.2 Å². The molecule has 0 saturated carbocycles. The Morgan fingerprint density at radius 2 is 2.13 bits per heavy atom. The Kier molecular flexibility index (Phi) is 3.28. The van der Waals surface area contributed by atoms with Crippen molar-refractivity contribution in [2.24, 2.45) is 7.05 Å². The van der Waals surface area contributed by atoms with Crippen molar-refractivity contribution >= 4 is 45.8 Å². The number of hydrogen-bond donors (Lipinski definition) is 0. The highest BCUT2D eigenvalue weighted by Crippen LogP contribution is 2.29. The van der Waals surface area contributed by atoms with Gasteiger partial charge in [0.1, 0.15) is 5.82 Å². The van der Waals surface area contributed by atoms with E-state index >= 15 is 0 Å². The van der Waals surface area contributed by atoms with Crippen LogP contribution in [0.5, 0.6) is 0 Å². The molecule has 0 unspecified atom stereocenters. The van der Waals surface area contributed by atoms with Crippen LogP contribution in [0.2, 0.25) is 10.0 Å². The van der Waals surface area contributed by atoms with E-state index in [0.717, 1.165) is 17.7 Å². The minimum Gasteiger partial charge on any atom is -0.292 e. The molecule has 0 fully saturated rings. The quantitative estimate of drug-likeness (QED) is 0.678. The summed E-state index contributed by atoms with van der Waals surface area (Å²) in [6, 6.07) is 5.15. The van der Waals surface area contributed by atoms with Crippen molar-refractivity contribution in [3.8, 4) is 0 Å². The molecule has 0 spiro atoms. The maximum Gasteiger partial charge on any atom is 0.261 e. The van der Waals surface area contributed by atoms with Gasteiger partial charge >= 0.3 is 0 Å². The minimum absolute atomic E-state index is 0.0406. The Hall–Kier alpha value is -2.11. The molecule has 0 aliphatic carbocycles. The topological polar surface area (TPSA) is 52.7 Å². The molecule has 0 radical (unpaired) electrons. The van der Waals surface area contributed by atoms with Gasteiger partial charge in [0, 0.05) is 18.6 Å². The fraction of sp³-hybridized carbons (Fsp3) is 0.188. The van der Waals surface area contributed by atoms with Gasteiger partial charge < -0.3 is 0 Å². The molecule has 2 aromatic heterocycles. The third kappa shape index (κ3) is 2.28. The van der Waals surface area contributed by atoms with Crippen LogP contribution >= 0.6 is 23.2 Å². The van der Waals surface area contributed by atoms with E-state index in [9.17, 15) is 4.79 Å². The molecule has 23 heavy (non-hydrogen) atoms. The van der Waals surface area contributed by atoms with Gasteiger partial charge in [-0.25, -0.2) is 4.98 Å². The predicted molar refractivity (Wildman–Crippen MR) is 91.7 cm³/mol. The molecule has 3 heterocycles. The lowest BCUT2D eigenvalue weighted by molar-refractivity contribution is 0.725. The summed E-state index contributed by atoms with van der Waals surface area (Å²) >= 11 is 12.2. The summed E-state index contributed by atoms with van der Waals surface area (Å²) in [5.74, 6) is 0.669. The summed E-state index contributed by atoms with van der Waals surface area (Å²) < 4.78 is 3.40. The molecule has 7 heteroatoms. The van der Waals surface area contributed by atoms with Crippen LogP contribution in [0, 0.1) is 0 Å². The highest BCUT2D eigenvalue weighted by atomic mass is 35.5. The molecule has 5 nitrogen and oxygen atoms in total. The van der Waals surface area contributed by atoms with Gasteiger partial charge in [-0.2, -0.15) is 5.10 Å². The summed E-state index contributed by atoms with van der Waals surface area (Å²) in [6.07, 6.45) is 4.27. The largest absolute Gasteiger partial charge is 0.292 e. The zero-order chi connectivity index (χ0) is 16.1. The number of aryl methyl sites for hydroxylation is 1. The van der Waals surface area contributed by atoms with Gasteiger partial charge in [0.25, 0.3) is 5.56 Å². The summed E-state index contributed by atoms with van der Waals surface area (Å²) in [6.45, 7) is 0.612. The van der Waals surface area contributed by atoms with E-state index in [2.05, 4.69) is 10.1 Å². The van der Waals surface area contributed by atoms with Crippen molar-refractivity contribution in [1.29, 1.82) is 0 Å². The van der Waals surface area contributed by atoms with Crippen LogP contribution in [0.3, 0.4) is 0 Å². The molecule has 3 aromatic rings. The number of benzene rings is 1. The molecule has 116 valence electrons. The van der Waals surface area contributed by atoms with E-state index in [-0.39, 0.29) is 5.56 Å². The van der Waals surface area contributed by atoms with E-state index in [0.29, 0.717) is 33.3 Å². The SMILES string of the molecule is Cn1ncc(Cl)c1C=C1CCn2c1nc1cc(Cl)ccc1c2=O. The lowest BCUT2D eigenvalue weighted by Crippen LogP contribution is -2.20. The van der Waals surface area contributed by atoms with Crippen LogP contribution in [0.15, 0.2) is 29.2 Å². The average Bonchev–Trinajstić information content (AvgIpc) is 3.06. The first-order valence-electron chi connectivity index (χ1n) is 7.13. The number of rotatable bonds is 1. The maximum atomic E-state index is 12.6. The van der Waals surface area contributed by atoms with Crippen LogP contribution < -0.4 is 5.56 Å². The fourth-order valence-corrected chi connectivity index (χ4v) is 3.26. The standard InChI is InChI=1S/C16H12Cl2N4O/c1-21-14(12(18)8-19-21)6-9-4-5-22-15(9)20-13-7-10(17)2-3-11(13)16(22)23/h2-3,6-8H,4-5H2,1H3. The van der Waals surface area contributed by atoms with Crippen LogP contribution in [-0.2, 0) is 13.6 Å². The maximum absolute atomic E-state index is 12.6. The Bertz CT molecular complexity index is 1010. The highest BCUT2D eigenvalue weighted by molar-refractivity contribution is 6.32. The first kappa shape index (κ1) is 14.5. The third-order valence-corrected chi connectivity index (χ3v) is 4.58. The average molecular weight is 347 g/mol. The van der Waals surface area contributed by atoms with E-state index < -0.39 is 0 Å². The predicted octanol–water partition coefficient (Wildman–Crippen LogP) is 3.38. The molecule has 0 atom stereocenters. The number of allylic oxidation sites excluding steroid dienone is 1. The third-order valence-electron chi connectivity index (χ3n) is 4.06. The van der Waals surface area contributed by atoms with Crippen molar-refractivity contribution in [2.75, 3.05) is 0 Å². The van der Waals surface area contributed by atoms with Gasteiger partial charge in [-0.15, -0.1) is 0 Å². The summed E-state index contributed by atoms with van der Waals surface area (Å²) in [5, 5.41) is 5.84. The minimum atomic E-state index is -0.0406. The molecular weight excluding hydrogens is 335 g/mol. The van der Waals surface area contributed by atoms with Gasteiger partial charge in [-0.1, -0.05) is 23.2 Å². The first-order valence-corrected chi connectivity index (χ1v) is 7.89. The zero-order valence-electron chi connectivity index (χ0n) is 12.3. The Morgan fingerprint density at radius 1 is 1.30 bits per heavy atom. The molecule has 0 amide bonds. The summed E-state index contributed by atoms with van der Waals surface area (Å²) in [5.41, 5.74) is 2.34. The number of nitrogens with zero attached hydrogens (tertiary/aromatic N) is 4. The molecule has 0 saturated heterocycles. The number of fused-ring (bicyclic) bond motifs is 2. The van der Waals surface area contributed by atoms with Crippen LogP contribution in [0.1, 0.15) is 17.9 Å². The summed E-state index contributed by atoms with van der Waals surface area (Å²) in [4.78, 5) is 17.3. The van der Waals surface area contributed by atoms with Crippen LogP contribution in [-0.4, -0.2) is 19.3 Å². The monoisotopic (exact) mass is 346 g/mol. The van der Waals surface area contributed by atoms with Crippen molar-refractivity contribution in [3.05, 3.63) is 56.3 Å². The van der Waals surface area contributed by atoms with Crippen LogP contribution in [0.25, 0.3) is 22.6 Å². The molecule has 0 N–H and O–H groups in total. The van der Waals surface area contributed by atoms with E-state index in [1.807, 2.05) is 13.1 Å². The smallest absolute Gasteiger partial charge is 0.261 e. The van der Waals surface area contributed by atoms with Crippen molar-refractivity contribution in [1.82, 2.24) is 19.3 Å². The molecule has 1 aliphatic heterocycles. The normalized spacial score (nSPS) is 15.5. The molecule has 1 aromatic carbocycles. The Labute approximate surface area is 141 Å². The number of hydrogen-bond acceptors (Lipinski definition) is 3. The van der Waals surface area contributed by atoms with Crippen molar-refractivity contribution in [2.45, 2.75) is 13.0 Å². The fourth-order valence-electron chi connectivity index (χ4n) is 2.88. The van der Waals surface area contributed by atoms with Gasteiger partial charge in [-0.3, -0.25) is 14.0 Å². The van der Waals surface area contributed by atoms with E-state index in [1.54, 1.807) is 33.6 Å². The van der Waals surface area contributed by atoms with Gasteiger partial charge in [0.2, 0.25) is 0 Å². The second-order valence-electron chi connectivity index (χ2n) is 5.47. The van der Waals surface area contributed by atoms with Gasteiger partial charge in [0.15, 0.2) is 0 Å². The number of aromatic nitrogens is 4. The second-order valence-corrected chi connectivity index (χ2v) is 6.32. The lowest BCUT2D eigenvalue weighted by atomic mass is 10.1. The molecule has 1 aliphatic rings. The van der Waals surface area contributed by atoms with Crippen molar-refractivity contribution < 1.29 is 0 Å². The highest BCUT2D eigenvalue weighted by Gasteiger charge is 2.21. The van der Waals surface area contributed by atoms with Crippen LogP contribution in [0.4, 0.5) is 0 Å². The number of halogens is 2. The second kappa shape index (κ2) is 5.22. The summed E-state index contributed by atoms with van der Waals surface area (Å²) in [7, 11) is 1.83. The lowest BCUT2D eigenvalue weighted by Gasteiger charge is -2.06. The first-order chi connectivity index (χ1) is 11.0. The van der Waals surface area contributed by atoms with E-state index in [1.165, 1.54) is 0 Å². The molecule has 4 rings (SSSR count). The van der Waals surface area contributed by atoms with Gasteiger partial charge in [-0.05, 0) is 36.3 Å². The Balaban J connectivity index is 1.95. The molecular formula is C16H12Cl2N4O. The Morgan fingerprint density at radius 3 is 2.87 bits per heavy atom. The zero-order valence-corrected chi connectivity index (χ0v) is 13.8.